The second-order valence-electron chi connectivity index (χ2n) is 2.33. The number of hydrogen-bond acceptors (Lipinski definition) is 2. The Balaban J connectivity index is 2.66. The Kier molecular flexibility index (Phi) is 1.32. The van der Waals surface area contributed by atoms with Crippen molar-refractivity contribution in [2.45, 2.75) is 0 Å². The molecule has 11 heavy (non-hydrogen) atoms. The smallest absolute Gasteiger partial charge is 0.161 e. The Hall–Kier alpha value is -1.44. The van der Waals surface area contributed by atoms with Crippen molar-refractivity contribution in [3.05, 3.63) is 30.7 Å². The van der Waals surface area contributed by atoms with Gasteiger partial charge in [0.1, 0.15) is 6.26 Å². The molecule has 0 atom stereocenters. The fourth-order valence-electron chi connectivity index (χ4n) is 1.15. The van der Waals surface area contributed by atoms with Crippen LogP contribution in [0.2, 0.25) is 0 Å². The van der Waals surface area contributed by atoms with E-state index in [0.29, 0.717) is 0 Å². The second-order valence-corrected chi connectivity index (χ2v) is 2.33. The molecule has 2 heteroatoms. The quantitative estimate of drug-likeness (QED) is 0.619. The lowest BCUT2D eigenvalue weighted by Crippen LogP contribution is -1.84. The van der Waals surface area contributed by atoms with Gasteiger partial charge in [0.15, 0.2) is 5.75 Å². The highest BCUT2D eigenvalue weighted by molar-refractivity contribution is 5.71. The highest BCUT2D eigenvalue weighted by atomic mass is 16.5. The molecule has 1 aliphatic heterocycles. The summed E-state index contributed by atoms with van der Waals surface area (Å²) in [4.78, 5) is 0. The molecule has 0 spiro atoms. The van der Waals surface area contributed by atoms with Gasteiger partial charge >= 0.3 is 0 Å². The summed E-state index contributed by atoms with van der Waals surface area (Å²) in [6.45, 7) is 0. The van der Waals surface area contributed by atoms with Crippen LogP contribution in [0.1, 0.15) is 0 Å². The van der Waals surface area contributed by atoms with E-state index in [2.05, 4.69) is 0 Å². The summed E-state index contributed by atoms with van der Waals surface area (Å²) in [7, 11) is 1.64. The van der Waals surface area contributed by atoms with Crippen LogP contribution in [-0.4, -0.2) is 7.11 Å². The summed E-state index contributed by atoms with van der Waals surface area (Å²) >= 11 is 0. The number of fused-ring (bicyclic) bond motifs is 1. The van der Waals surface area contributed by atoms with E-state index in [1.807, 2.05) is 18.2 Å². The molecule has 0 saturated carbocycles. The standard InChI is InChI=1S/C9H8O2/c1-10-9-6-11-5-7-3-2-4-8(7)9/h2-6H,1H3. The zero-order valence-corrected chi connectivity index (χ0v) is 6.20. The molecule has 56 valence electrons. The highest BCUT2D eigenvalue weighted by Gasteiger charge is 2.07. The molecule has 0 fully saturated rings. The monoisotopic (exact) mass is 148 g/mol. The van der Waals surface area contributed by atoms with Gasteiger partial charge in [-0.25, -0.2) is 0 Å². The van der Waals surface area contributed by atoms with Crippen molar-refractivity contribution >= 4 is 0 Å². The first-order valence-corrected chi connectivity index (χ1v) is 3.41. The summed E-state index contributed by atoms with van der Waals surface area (Å²) in [5, 5.41) is 0. The Labute approximate surface area is 64.7 Å². The average molecular weight is 148 g/mol. The van der Waals surface area contributed by atoms with Crippen LogP contribution < -0.4 is 4.74 Å². The molecule has 0 aromatic rings. The Morgan fingerprint density at radius 1 is 1.27 bits per heavy atom. The lowest BCUT2D eigenvalue weighted by molar-refractivity contribution is 0.393. The zero-order chi connectivity index (χ0) is 7.68. The molecule has 2 nitrogen and oxygen atoms in total. The van der Waals surface area contributed by atoms with Crippen LogP contribution >= 0.6 is 0 Å². The Bertz CT molecular complexity index is 324. The van der Waals surface area contributed by atoms with Crippen LogP contribution in [0.15, 0.2) is 35.1 Å². The number of methoxy groups -OCH3 is 1. The van der Waals surface area contributed by atoms with Crippen molar-refractivity contribution in [3.63, 3.8) is 0 Å². The molecular weight excluding hydrogens is 140 g/mol. The minimum Gasteiger partial charge on any atom is -0.493 e. The number of rotatable bonds is 1. The van der Waals surface area contributed by atoms with E-state index < -0.39 is 0 Å². The first kappa shape index (κ1) is 6.28. The molecule has 0 amide bonds. The zero-order valence-electron chi connectivity index (χ0n) is 6.20. The summed E-state index contributed by atoms with van der Waals surface area (Å²) in [5.74, 6) is 0.785. The molecule has 0 bridgehead atoms. The molecule has 0 aromatic carbocycles. The maximum Gasteiger partial charge on any atom is 0.161 e. The van der Waals surface area contributed by atoms with Gasteiger partial charge in [0.25, 0.3) is 0 Å². The molecule has 1 heterocycles. The lowest BCUT2D eigenvalue weighted by atomic mass is 10.2. The van der Waals surface area contributed by atoms with Crippen LogP contribution in [0, 0.1) is 0 Å². The Morgan fingerprint density at radius 3 is 3.00 bits per heavy atom. The van der Waals surface area contributed by atoms with E-state index in [1.165, 1.54) is 0 Å². The topological polar surface area (TPSA) is 22.4 Å². The number of ether oxygens (including phenoxy) is 1. The van der Waals surface area contributed by atoms with Gasteiger partial charge in [-0.3, -0.25) is 0 Å². The maximum atomic E-state index is 5.09. The fraction of sp³-hybridized carbons (Fsp3) is 0.111. The van der Waals surface area contributed by atoms with E-state index in [9.17, 15) is 0 Å². The summed E-state index contributed by atoms with van der Waals surface area (Å²) in [5.41, 5.74) is 2.17. The first-order chi connectivity index (χ1) is 5.42. The van der Waals surface area contributed by atoms with Crippen molar-refractivity contribution in [1.29, 1.82) is 0 Å². The van der Waals surface area contributed by atoms with Crippen LogP contribution in [0.3, 0.4) is 0 Å². The van der Waals surface area contributed by atoms with Crippen LogP contribution in [0.4, 0.5) is 0 Å². The normalized spacial score (nSPS) is 10.3. The second kappa shape index (κ2) is 2.31. The predicted octanol–water partition coefficient (Wildman–Crippen LogP) is 2.39. The van der Waals surface area contributed by atoms with E-state index in [1.54, 1.807) is 19.6 Å². The molecule has 2 aliphatic rings. The minimum atomic E-state index is 0.785. The van der Waals surface area contributed by atoms with Gasteiger partial charge in [-0.1, -0.05) is 18.2 Å². The van der Waals surface area contributed by atoms with Gasteiger partial charge in [-0.2, -0.15) is 0 Å². The third-order valence-corrected chi connectivity index (χ3v) is 1.71. The van der Waals surface area contributed by atoms with Crippen LogP contribution in [-0.2, 0) is 0 Å². The summed E-state index contributed by atoms with van der Waals surface area (Å²) in [6, 6.07) is 5.97. The van der Waals surface area contributed by atoms with E-state index in [0.717, 1.165) is 16.9 Å². The van der Waals surface area contributed by atoms with Crippen molar-refractivity contribution in [3.8, 4) is 16.9 Å². The summed E-state index contributed by atoms with van der Waals surface area (Å²) in [6.07, 6.45) is 3.31. The molecule has 0 aromatic heterocycles. The molecule has 1 aliphatic carbocycles. The van der Waals surface area contributed by atoms with Gasteiger partial charge < -0.3 is 9.15 Å². The van der Waals surface area contributed by atoms with Crippen molar-refractivity contribution < 1.29 is 9.15 Å². The van der Waals surface area contributed by atoms with Crippen molar-refractivity contribution in [2.24, 2.45) is 0 Å². The van der Waals surface area contributed by atoms with E-state index in [-0.39, 0.29) is 0 Å². The minimum absolute atomic E-state index is 0.785. The molecule has 0 saturated heterocycles. The van der Waals surface area contributed by atoms with Crippen LogP contribution in [0.5, 0.6) is 5.75 Å². The van der Waals surface area contributed by atoms with Crippen molar-refractivity contribution in [2.75, 3.05) is 7.11 Å². The molecule has 0 unspecified atom stereocenters. The molecule has 2 rings (SSSR count). The third kappa shape index (κ3) is 0.871. The molecular formula is C9H8O2. The number of hydrogen-bond donors (Lipinski definition) is 0. The molecule has 0 N–H and O–H groups in total. The fourth-order valence-corrected chi connectivity index (χ4v) is 1.15. The van der Waals surface area contributed by atoms with E-state index in [4.69, 9.17) is 9.15 Å². The van der Waals surface area contributed by atoms with Crippen LogP contribution in [0.25, 0.3) is 11.1 Å². The largest absolute Gasteiger partial charge is 0.493 e. The summed E-state index contributed by atoms with van der Waals surface area (Å²) < 4.78 is 10.1. The van der Waals surface area contributed by atoms with Gasteiger partial charge in [-0.15, -0.1) is 0 Å². The first-order valence-electron chi connectivity index (χ1n) is 3.41. The third-order valence-electron chi connectivity index (χ3n) is 1.71. The van der Waals surface area contributed by atoms with Crippen molar-refractivity contribution in [1.82, 2.24) is 0 Å². The maximum absolute atomic E-state index is 5.09. The van der Waals surface area contributed by atoms with Gasteiger partial charge in [-0.05, 0) is 0 Å². The van der Waals surface area contributed by atoms with Gasteiger partial charge in [0.2, 0.25) is 0 Å². The van der Waals surface area contributed by atoms with Gasteiger partial charge in [0, 0.05) is 11.1 Å². The average Bonchev–Trinajstić information content (AvgIpc) is 2.50. The molecule has 0 radical (unpaired) electrons. The predicted molar refractivity (Wildman–Crippen MR) is 41.9 cm³/mol. The SMILES string of the molecule is COc1cocc2cccc1-2. The highest BCUT2D eigenvalue weighted by Crippen LogP contribution is 2.31. The van der Waals surface area contributed by atoms with E-state index >= 15 is 0 Å². The lowest BCUT2D eigenvalue weighted by Gasteiger charge is -2.03. The van der Waals surface area contributed by atoms with Gasteiger partial charge in [0.05, 0.1) is 13.4 Å². The Morgan fingerprint density at radius 2 is 2.18 bits per heavy atom.